The number of nitrogens with one attached hydrogen (secondary N) is 2. The third-order valence-electron chi connectivity index (χ3n) is 5.86. The van der Waals surface area contributed by atoms with E-state index in [-0.39, 0.29) is 24.0 Å². The molecule has 0 aromatic heterocycles. The number of rotatable bonds is 12. The van der Waals surface area contributed by atoms with Gasteiger partial charge in [0.05, 0.1) is 19.3 Å². The van der Waals surface area contributed by atoms with E-state index >= 15 is 0 Å². The molecule has 33 heavy (non-hydrogen) atoms. The van der Waals surface area contributed by atoms with Gasteiger partial charge in [-0.25, -0.2) is 4.99 Å². The minimum atomic E-state index is 0. The van der Waals surface area contributed by atoms with E-state index in [0.29, 0.717) is 25.2 Å². The highest BCUT2D eigenvalue weighted by atomic mass is 127. The van der Waals surface area contributed by atoms with Gasteiger partial charge in [0.25, 0.3) is 0 Å². The lowest BCUT2D eigenvalue weighted by Crippen LogP contribution is -2.38. The monoisotopic (exact) mass is 575 g/mol. The molecule has 7 nitrogen and oxygen atoms in total. The molecule has 0 atom stereocenters. The molecule has 1 aromatic carbocycles. The first kappa shape index (κ1) is 28.3. The summed E-state index contributed by atoms with van der Waals surface area (Å²) in [5.74, 6) is 1.51. The van der Waals surface area contributed by atoms with Crippen molar-refractivity contribution in [1.82, 2.24) is 10.6 Å². The summed E-state index contributed by atoms with van der Waals surface area (Å²) in [5, 5.41) is 6.74. The highest BCUT2D eigenvalue weighted by molar-refractivity contribution is 14.0. The van der Waals surface area contributed by atoms with Gasteiger partial charge in [0.1, 0.15) is 0 Å². The van der Waals surface area contributed by atoms with Gasteiger partial charge in [-0.15, -0.1) is 24.0 Å². The van der Waals surface area contributed by atoms with E-state index in [9.17, 15) is 0 Å². The number of nitrogens with zero attached hydrogens (tertiary/aromatic N) is 1. The van der Waals surface area contributed by atoms with Gasteiger partial charge in [-0.1, -0.05) is 24.3 Å². The van der Waals surface area contributed by atoms with Crippen molar-refractivity contribution in [3.63, 3.8) is 0 Å². The normalized spacial score (nSPS) is 18.0. The molecule has 8 heteroatoms. The Morgan fingerprint density at radius 3 is 2.52 bits per heavy atom. The second kappa shape index (κ2) is 17.5. The minimum absolute atomic E-state index is 0. The Morgan fingerprint density at radius 2 is 1.76 bits per heavy atom. The maximum absolute atomic E-state index is 6.05. The highest BCUT2D eigenvalue weighted by Gasteiger charge is 2.14. The van der Waals surface area contributed by atoms with Gasteiger partial charge in [0.2, 0.25) is 0 Å². The second-order valence-corrected chi connectivity index (χ2v) is 8.55. The predicted octanol–water partition coefficient (Wildman–Crippen LogP) is 3.89. The summed E-state index contributed by atoms with van der Waals surface area (Å²) in [6, 6.07) is 8.52. The first-order valence-electron chi connectivity index (χ1n) is 12.3. The first-order valence-corrected chi connectivity index (χ1v) is 12.3. The van der Waals surface area contributed by atoms with E-state index < -0.39 is 0 Å². The number of ether oxygens (including phenoxy) is 4. The Hall–Kier alpha value is -0.940. The van der Waals surface area contributed by atoms with Gasteiger partial charge in [0.15, 0.2) is 5.96 Å². The molecule has 0 saturated carbocycles. The van der Waals surface area contributed by atoms with E-state index in [1.54, 1.807) is 0 Å². The minimum Gasteiger partial charge on any atom is -0.381 e. The first-order chi connectivity index (χ1) is 15.8. The van der Waals surface area contributed by atoms with Gasteiger partial charge >= 0.3 is 0 Å². The number of aliphatic imine (C=N–C) groups is 1. The number of benzene rings is 1. The van der Waals surface area contributed by atoms with Crippen molar-refractivity contribution < 1.29 is 18.9 Å². The van der Waals surface area contributed by atoms with Crippen molar-refractivity contribution in [3.05, 3.63) is 35.4 Å². The smallest absolute Gasteiger partial charge is 0.191 e. The second-order valence-electron chi connectivity index (χ2n) is 8.55. The third-order valence-corrected chi connectivity index (χ3v) is 5.86. The number of halogens is 1. The zero-order valence-corrected chi connectivity index (χ0v) is 22.4. The molecule has 2 fully saturated rings. The Balaban J connectivity index is 0.00000385. The van der Waals surface area contributed by atoms with Crippen LogP contribution in [0.25, 0.3) is 0 Å². The molecular formula is C25H42IN3O4. The van der Waals surface area contributed by atoms with Gasteiger partial charge in [-0.3, -0.25) is 0 Å². The quantitative estimate of drug-likeness (QED) is 0.171. The molecule has 3 rings (SSSR count). The third kappa shape index (κ3) is 11.8. The van der Waals surface area contributed by atoms with E-state index in [1.165, 1.54) is 11.1 Å². The fraction of sp³-hybridized carbons (Fsp3) is 0.720. The van der Waals surface area contributed by atoms with Crippen LogP contribution in [0.4, 0.5) is 0 Å². The van der Waals surface area contributed by atoms with Crippen LogP contribution in [0.3, 0.4) is 0 Å². The topological polar surface area (TPSA) is 73.3 Å². The standard InChI is InChI=1S/C25H41N3O4.HI/c1-2-26-25(27-11-4-12-31-19-21-7-13-29-14-8-21)28-18-22-5-3-6-23(17-22)20-32-24-9-15-30-16-10-24;/h3,5-6,17,21,24H,2,4,7-16,18-20H2,1H3,(H2,26,27,28);1H. The number of guanidine groups is 1. The fourth-order valence-corrected chi connectivity index (χ4v) is 3.93. The van der Waals surface area contributed by atoms with Crippen LogP contribution in [0.5, 0.6) is 0 Å². The molecule has 0 aliphatic carbocycles. The van der Waals surface area contributed by atoms with E-state index in [0.717, 1.165) is 90.8 Å². The van der Waals surface area contributed by atoms with Crippen molar-refractivity contribution in [2.24, 2.45) is 10.9 Å². The SMILES string of the molecule is CCNC(=NCc1cccc(COC2CCOCC2)c1)NCCCOCC1CCOCC1.I. The Labute approximate surface area is 216 Å². The summed E-state index contributed by atoms with van der Waals surface area (Å²) < 4.78 is 22.7. The molecule has 0 unspecified atom stereocenters. The molecule has 2 N–H and O–H groups in total. The molecule has 0 radical (unpaired) electrons. The molecule has 0 spiro atoms. The summed E-state index contributed by atoms with van der Waals surface area (Å²) in [7, 11) is 0. The zero-order valence-electron chi connectivity index (χ0n) is 20.1. The van der Waals surface area contributed by atoms with Gasteiger partial charge < -0.3 is 29.6 Å². The van der Waals surface area contributed by atoms with Crippen LogP contribution < -0.4 is 10.6 Å². The Kier molecular flexibility index (Phi) is 15.0. The summed E-state index contributed by atoms with van der Waals surface area (Å²) >= 11 is 0. The average molecular weight is 576 g/mol. The van der Waals surface area contributed by atoms with Crippen molar-refractivity contribution in [2.45, 2.75) is 58.3 Å². The maximum atomic E-state index is 6.05. The fourth-order valence-electron chi connectivity index (χ4n) is 3.93. The molecule has 2 saturated heterocycles. The molecule has 0 amide bonds. The van der Waals surface area contributed by atoms with Crippen molar-refractivity contribution in [1.29, 1.82) is 0 Å². The van der Waals surface area contributed by atoms with Crippen LogP contribution in [0, 0.1) is 5.92 Å². The van der Waals surface area contributed by atoms with Crippen LogP contribution in [0.15, 0.2) is 29.3 Å². The van der Waals surface area contributed by atoms with E-state index in [4.69, 9.17) is 23.9 Å². The largest absolute Gasteiger partial charge is 0.381 e. The molecule has 0 bridgehead atoms. The van der Waals surface area contributed by atoms with Crippen LogP contribution >= 0.6 is 24.0 Å². The lowest BCUT2D eigenvalue weighted by atomic mass is 10.0. The van der Waals surface area contributed by atoms with E-state index in [2.05, 4.69) is 41.8 Å². The Morgan fingerprint density at radius 1 is 1.03 bits per heavy atom. The lowest BCUT2D eigenvalue weighted by molar-refractivity contribution is -0.0390. The van der Waals surface area contributed by atoms with Gasteiger partial charge in [-0.2, -0.15) is 0 Å². The highest BCUT2D eigenvalue weighted by Crippen LogP contribution is 2.15. The molecule has 1 aromatic rings. The van der Waals surface area contributed by atoms with Crippen molar-refractivity contribution in [2.75, 3.05) is 52.7 Å². The summed E-state index contributed by atoms with van der Waals surface area (Å²) in [4.78, 5) is 4.75. The molecule has 188 valence electrons. The van der Waals surface area contributed by atoms with Gasteiger partial charge in [0, 0.05) is 52.7 Å². The zero-order chi connectivity index (χ0) is 22.3. The molecule has 2 aliphatic heterocycles. The summed E-state index contributed by atoms with van der Waals surface area (Å²) in [6.45, 7) is 10.1. The van der Waals surface area contributed by atoms with Crippen molar-refractivity contribution >= 4 is 29.9 Å². The molecule has 2 aliphatic rings. The van der Waals surface area contributed by atoms with Crippen molar-refractivity contribution in [3.8, 4) is 0 Å². The van der Waals surface area contributed by atoms with Crippen LogP contribution in [-0.4, -0.2) is 64.8 Å². The van der Waals surface area contributed by atoms with E-state index in [1.807, 2.05) is 0 Å². The number of hydrogen-bond donors (Lipinski definition) is 2. The molecular weight excluding hydrogens is 533 g/mol. The maximum Gasteiger partial charge on any atom is 0.191 e. The number of hydrogen-bond acceptors (Lipinski definition) is 5. The molecule has 2 heterocycles. The predicted molar refractivity (Wildman–Crippen MR) is 142 cm³/mol. The average Bonchev–Trinajstić information content (AvgIpc) is 2.85. The lowest BCUT2D eigenvalue weighted by Gasteiger charge is -2.22. The van der Waals surface area contributed by atoms with Gasteiger partial charge in [-0.05, 0) is 56.1 Å². The van der Waals surface area contributed by atoms with Crippen LogP contribution in [0.2, 0.25) is 0 Å². The summed E-state index contributed by atoms with van der Waals surface area (Å²) in [6.07, 6.45) is 5.50. The summed E-state index contributed by atoms with van der Waals surface area (Å²) in [5.41, 5.74) is 2.39. The van der Waals surface area contributed by atoms with Crippen LogP contribution in [-0.2, 0) is 32.1 Å². The Bertz CT molecular complexity index is 665. The van der Waals surface area contributed by atoms with Crippen LogP contribution in [0.1, 0.15) is 50.2 Å².